The molecular weight excluding hydrogens is 360 g/mol. The van der Waals surface area contributed by atoms with E-state index in [4.69, 9.17) is 5.11 Å². The number of carbonyl (C=O) groups is 2. The van der Waals surface area contributed by atoms with Gasteiger partial charge in [-0.2, -0.15) is 0 Å². The standard InChI is InChI=1S/C19H18N6O3/c1-20-18-15-16(25(2)9-22-15)12-7-13(23-17(12)24-18)10-4-3-5-11(6-10)19(28)21-8-14(26)27/h3-7,9H,8H2,1-2H3,(H,21,28)(H,26,27)(H2,20,23,24). The third-order valence-corrected chi connectivity index (χ3v) is 4.51. The van der Waals surface area contributed by atoms with Crippen molar-refractivity contribution in [2.24, 2.45) is 7.05 Å². The summed E-state index contributed by atoms with van der Waals surface area (Å²) in [4.78, 5) is 35.1. The average molecular weight is 378 g/mol. The number of hydrogen-bond acceptors (Lipinski definition) is 5. The van der Waals surface area contributed by atoms with Crippen LogP contribution < -0.4 is 10.6 Å². The Labute approximate surface area is 159 Å². The van der Waals surface area contributed by atoms with Crippen LogP contribution in [0.3, 0.4) is 0 Å². The average Bonchev–Trinajstić information content (AvgIpc) is 3.29. The van der Waals surface area contributed by atoms with Gasteiger partial charge in [0.15, 0.2) is 5.82 Å². The number of carbonyl (C=O) groups excluding carboxylic acids is 1. The molecule has 4 N–H and O–H groups in total. The summed E-state index contributed by atoms with van der Waals surface area (Å²) in [5.41, 5.74) is 4.41. The van der Waals surface area contributed by atoms with E-state index < -0.39 is 18.4 Å². The van der Waals surface area contributed by atoms with Gasteiger partial charge in [0.1, 0.15) is 17.7 Å². The Morgan fingerprint density at radius 1 is 1.29 bits per heavy atom. The number of imidazole rings is 1. The highest BCUT2D eigenvalue weighted by molar-refractivity contribution is 6.07. The van der Waals surface area contributed by atoms with Gasteiger partial charge >= 0.3 is 5.97 Å². The van der Waals surface area contributed by atoms with Gasteiger partial charge in [-0.3, -0.25) is 9.59 Å². The van der Waals surface area contributed by atoms with Crippen LogP contribution in [0.5, 0.6) is 0 Å². The number of nitrogens with one attached hydrogen (secondary N) is 3. The Morgan fingerprint density at radius 3 is 2.86 bits per heavy atom. The van der Waals surface area contributed by atoms with Gasteiger partial charge in [-0.1, -0.05) is 12.1 Å². The van der Waals surface area contributed by atoms with Gasteiger partial charge in [0, 0.05) is 30.7 Å². The molecule has 142 valence electrons. The Bertz CT molecular complexity index is 1220. The third kappa shape index (κ3) is 2.92. The fourth-order valence-corrected chi connectivity index (χ4v) is 3.21. The zero-order valence-corrected chi connectivity index (χ0v) is 15.3. The number of H-pyrrole nitrogens is 1. The number of anilines is 1. The first-order valence-electron chi connectivity index (χ1n) is 8.60. The van der Waals surface area contributed by atoms with Crippen molar-refractivity contribution in [3.63, 3.8) is 0 Å². The molecular formula is C19H18N6O3. The molecule has 1 amide bonds. The van der Waals surface area contributed by atoms with Crippen LogP contribution in [0.1, 0.15) is 10.4 Å². The van der Waals surface area contributed by atoms with E-state index in [0.29, 0.717) is 17.0 Å². The Morgan fingerprint density at radius 2 is 2.11 bits per heavy atom. The number of rotatable bonds is 5. The van der Waals surface area contributed by atoms with Crippen molar-refractivity contribution in [3.8, 4) is 11.3 Å². The van der Waals surface area contributed by atoms with Crippen LogP contribution in [0, 0.1) is 0 Å². The lowest BCUT2D eigenvalue weighted by Gasteiger charge is -2.04. The molecule has 0 fully saturated rings. The largest absolute Gasteiger partial charge is 0.480 e. The van der Waals surface area contributed by atoms with Crippen molar-refractivity contribution in [1.82, 2.24) is 24.8 Å². The number of hydrogen-bond donors (Lipinski definition) is 4. The van der Waals surface area contributed by atoms with Crippen molar-refractivity contribution in [1.29, 1.82) is 0 Å². The van der Waals surface area contributed by atoms with Gasteiger partial charge in [0.25, 0.3) is 5.91 Å². The molecule has 9 heteroatoms. The van der Waals surface area contributed by atoms with Crippen molar-refractivity contribution in [2.45, 2.75) is 0 Å². The predicted molar refractivity (Wildman–Crippen MR) is 105 cm³/mol. The van der Waals surface area contributed by atoms with E-state index in [1.165, 1.54) is 0 Å². The van der Waals surface area contributed by atoms with E-state index in [0.717, 1.165) is 27.7 Å². The van der Waals surface area contributed by atoms with Crippen LogP contribution in [0.2, 0.25) is 0 Å². The summed E-state index contributed by atoms with van der Waals surface area (Å²) in [6.07, 6.45) is 1.74. The maximum absolute atomic E-state index is 12.2. The number of carboxylic acids is 1. The van der Waals surface area contributed by atoms with Gasteiger partial charge in [0.05, 0.1) is 11.8 Å². The minimum absolute atomic E-state index is 0.381. The second-order valence-corrected chi connectivity index (χ2v) is 6.37. The summed E-state index contributed by atoms with van der Waals surface area (Å²) in [5.74, 6) is -0.852. The molecule has 0 radical (unpaired) electrons. The van der Waals surface area contributed by atoms with Gasteiger partial charge < -0.3 is 25.3 Å². The summed E-state index contributed by atoms with van der Waals surface area (Å²) >= 11 is 0. The van der Waals surface area contributed by atoms with Gasteiger partial charge in [0.2, 0.25) is 0 Å². The summed E-state index contributed by atoms with van der Waals surface area (Å²) in [5, 5.41) is 15.1. The second kappa shape index (κ2) is 6.69. The molecule has 28 heavy (non-hydrogen) atoms. The molecule has 0 bridgehead atoms. The van der Waals surface area contributed by atoms with E-state index in [-0.39, 0.29) is 0 Å². The highest BCUT2D eigenvalue weighted by atomic mass is 16.4. The smallest absolute Gasteiger partial charge is 0.322 e. The number of aromatic amines is 1. The minimum Gasteiger partial charge on any atom is -0.480 e. The lowest BCUT2D eigenvalue weighted by atomic mass is 10.1. The molecule has 0 saturated carbocycles. The lowest BCUT2D eigenvalue weighted by Crippen LogP contribution is -2.29. The van der Waals surface area contributed by atoms with Crippen molar-refractivity contribution >= 4 is 39.8 Å². The molecule has 0 aliphatic carbocycles. The number of pyridine rings is 1. The highest BCUT2D eigenvalue weighted by Gasteiger charge is 2.16. The van der Waals surface area contributed by atoms with E-state index in [1.54, 1.807) is 31.6 Å². The lowest BCUT2D eigenvalue weighted by molar-refractivity contribution is -0.135. The normalized spacial score (nSPS) is 11.1. The summed E-state index contributed by atoms with van der Waals surface area (Å²) < 4.78 is 1.94. The molecule has 4 rings (SSSR count). The van der Waals surface area contributed by atoms with E-state index >= 15 is 0 Å². The number of aromatic nitrogens is 4. The number of benzene rings is 1. The van der Waals surface area contributed by atoms with E-state index in [9.17, 15) is 9.59 Å². The molecule has 0 aliphatic rings. The molecule has 0 aliphatic heterocycles. The van der Waals surface area contributed by atoms with Crippen LogP contribution in [0.25, 0.3) is 33.3 Å². The van der Waals surface area contributed by atoms with E-state index in [1.807, 2.05) is 23.7 Å². The molecule has 0 saturated heterocycles. The number of nitrogens with zero attached hydrogens (tertiary/aromatic N) is 3. The fraction of sp³-hybridized carbons (Fsp3) is 0.158. The Kier molecular flexibility index (Phi) is 4.19. The number of carboxylic acid groups (broad SMARTS) is 1. The highest BCUT2D eigenvalue weighted by Crippen LogP contribution is 2.31. The number of aliphatic carboxylic acids is 1. The van der Waals surface area contributed by atoms with Crippen molar-refractivity contribution in [3.05, 3.63) is 42.2 Å². The topological polar surface area (TPSA) is 125 Å². The molecule has 3 heterocycles. The van der Waals surface area contributed by atoms with Crippen LogP contribution in [0.15, 0.2) is 36.7 Å². The first-order chi connectivity index (χ1) is 13.5. The first kappa shape index (κ1) is 17.5. The summed E-state index contributed by atoms with van der Waals surface area (Å²) in [6, 6.07) is 8.95. The molecule has 4 aromatic rings. The van der Waals surface area contributed by atoms with Crippen LogP contribution in [-0.2, 0) is 11.8 Å². The molecule has 3 aromatic heterocycles. The van der Waals surface area contributed by atoms with Crippen LogP contribution >= 0.6 is 0 Å². The molecule has 0 atom stereocenters. The minimum atomic E-state index is -1.09. The SMILES string of the molecule is CNc1nc2[nH]c(-c3cccc(C(=O)NCC(=O)O)c3)cc2c2c1ncn2C. The zero-order chi connectivity index (χ0) is 19.8. The summed E-state index contributed by atoms with van der Waals surface area (Å²) in [7, 11) is 3.72. The maximum Gasteiger partial charge on any atom is 0.322 e. The zero-order valence-electron chi connectivity index (χ0n) is 15.3. The molecule has 0 unspecified atom stereocenters. The number of aryl methyl sites for hydroxylation is 1. The van der Waals surface area contributed by atoms with Crippen molar-refractivity contribution in [2.75, 3.05) is 18.9 Å². The van der Waals surface area contributed by atoms with E-state index in [2.05, 4.69) is 25.6 Å². The molecule has 0 spiro atoms. The predicted octanol–water partition coefficient (Wildman–Crippen LogP) is 1.97. The second-order valence-electron chi connectivity index (χ2n) is 6.37. The fourth-order valence-electron chi connectivity index (χ4n) is 3.21. The van der Waals surface area contributed by atoms with Crippen LogP contribution in [0.4, 0.5) is 5.82 Å². The summed E-state index contributed by atoms with van der Waals surface area (Å²) in [6.45, 7) is -0.426. The van der Waals surface area contributed by atoms with Gasteiger partial charge in [-0.15, -0.1) is 0 Å². The Balaban J connectivity index is 1.79. The quantitative estimate of drug-likeness (QED) is 0.421. The number of fused-ring (bicyclic) bond motifs is 3. The van der Waals surface area contributed by atoms with Gasteiger partial charge in [-0.25, -0.2) is 9.97 Å². The third-order valence-electron chi connectivity index (χ3n) is 4.51. The first-order valence-corrected chi connectivity index (χ1v) is 8.60. The molecule has 9 nitrogen and oxygen atoms in total. The van der Waals surface area contributed by atoms with Gasteiger partial charge in [-0.05, 0) is 23.8 Å². The maximum atomic E-state index is 12.2. The number of amides is 1. The monoisotopic (exact) mass is 378 g/mol. The molecule has 1 aromatic carbocycles. The van der Waals surface area contributed by atoms with Crippen molar-refractivity contribution < 1.29 is 14.7 Å². The van der Waals surface area contributed by atoms with Crippen LogP contribution in [-0.4, -0.2) is 50.1 Å². The Hall–Kier alpha value is -3.88.